The van der Waals surface area contributed by atoms with E-state index < -0.39 is 10.0 Å². The fraction of sp³-hybridized carbons (Fsp3) is 0.385. The lowest BCUT2D eigenvalue weighted by molar-refractivity contribution is 0.351. The van der Waals surface area contributed by atoms with Gasteiger partial charge in [-0.15, -0.1) is 0 Å². The van der Waals surface area contributed by atoms with Crippen LogP contribution in [0.5, 0.6) is 0 Å². The zero-order valence-corrected chi connectivity index (χ0v) is 12.9. The van der Waals surface area contributed by atoms with E-state index in [-0.39, 0.29) is 22.8 Å². The van der Waals surface area contributed by atoms with Crippen molar-refractivity contribution in [3.8, 4) is 0 Å². The van der Waals surface area contributed by atoms with Gasteiger partial charge in [0.15, 0.2) is 0 Å². The van der Waals surface area contributed by atoms with E-state index in [1.807, 2.05) is 13.0 Å². The number of hydrogen-bond acceptors (Lipinski definition) is 5. The summed E-state index contributed by atoms with van der Waals surface area (Å²) in [7, 11) is -3.65. The van der Waals surface area contributed by atoms with Crippen molar-refractivity contribution in [1.82, 2.24) is 14.3 Å². The third-order valence-electron chi connectivity index (χ3n) is 3.27. The molecule has 21 heavy (non-hydrogen) atoms. The third-order valence-corrected chi connectivity index (χ3v) is 5.31. The zero-order valence-electron chi connectivity index (χ0n) is 11.4. The summed E-state index contributed by atoms with van der Waals surface area (Å²) in [5.74, 6) is 1.38. The van der Waals surface area contributed by atoms with Crippen LogP contribution in [0.4, 0.5) is 0 Å². The van der Waals surface area contributed by atoms with Crippen LogP contribution in [-0.2, 0) is 16.6 Å². The molecule has 0 aliphatic heterocycles. The van der Waals surface area contributed by atoms with Gasteiger partial charge < -0.3 is 4.42 Å². The van der Waals surface area contributed by atoms with Crippen molar-refractivity contribution in [2.24, 2.45) is 0 Å². The second-order valence-electron chi connectivity index (χ2n) is 4.98. The molecular formula is C13H14ClN3O3S. The molecule has 1 aliphatic rings. The Labute approximate surface area is 127 Å². The van der Waals surface area contributed by atoms with E-state index in [0.29, 0.717) is 5.76 Å². The summed E-state index contributed by atoms with van der Waals surface area (Å²) in [6.45, 7) is 2.04. The van der Waals surface area contributed by atoms with Crippen LogP contribution in [0.3, 0.4) is 0 Å². The molecule has 0 atom stereocenters. The number of halogens is 1. The number of rotatable bonds is 5. The maximum Gasteiger partial charge on any atom is 0.246 e. The first-order valence-corrected chi connectivity index (χ1v) is 8.33. The van der Waals surface area contributed by atoms with Crippen LogP contribution in [0.15, 0.2) is 33.8 Å². The minimum atomic E-state index is -3.65. The predicted octanol–water partition coefficient (Wildman–Crippen LogP) is 2.38. The molecular weight excluding hydrogens is 314 g/mol. The monoisotopic (exact) mass is 327 g/mol. The molecule has 0 spiro atoms. The molecule has 3 rings (SSSR count). The summed E-state index contributed by atoms with van der Waals surface area (Å²) < 4.78 is 32.3. The van der Waals surface area contributed by atoms with Crippen LogP contribution >= 0.6 is 11.6 Å². The van der Waals surface area contributed by atoms with Gasteiger partial charge in [-0.25, -0.2) is 18.4 Å². The van der Waals surface area contributed by atoms with Crippen LogP contribution in [0, 0.1) is 6.92 Å². The van der Waals surface area contributed by atoms with Crippen molar-refractivity contribution in [2.45, 2.75) is 37.2 Å². The molecule has 2 aromatic heterocycles. The molecule has 0 bridgehead atoms. The van der Waals surface area contributed by atoms with E-state index in [1.165, 1.54) is 16.7 Å². The van der Waals surface area contributed by atoms with Crippen LogP contribution < -0.4 is 0 Å². The molecule has 2 heterocycles. The van der Waals surface area contributed by atoms with Gasteiger partial charge in [-0.2, -0.15) is 4.31 Å². The average molecular weight is 328 g/mol. The summed E-state index contributed by atoms with van der Waals surface area (Å²) in [6, 6.07) is 3.62. The molecule has 0 radical (unpaired) electrons. The van der Waals surface area contributed by atoms with Crippen molar-refractivity contribution in [3.63, 3.8) is 0 Å². The molecule has 2 aromatic rings. The Morgan fingerprint density at radius 1 is 1.33 bits per heavy atom. The summed E-state index contributed by atoms with van der Waals surface area (Å²) in [6.07, 6.45) is 4.17. The fourth-order valence-corrected chi connectivity index (χ4v) is 3.71. The van der Waals surface area contributed by atoms with E-state index in [4.69, 9.17) is 16.0 Å². The van der Waals surface area contributed by atoms with Crippen molar-refractivity contribution in [3.05, 3.63) is 41.3 Å². The Bertz CT molecular complexity index is 738. The Hall–Kier alpha value is -1.44. The van der Waals surface area contributed by atoms with Crippen molar-refractivity contribution in [2.75, 3.05) is 0 Å². The molecule has 0 saturated heterocycles. The van der Waals surface area contributed by atoms with Crippen LogP contribution in [0.25, 0.3) is 0 Å². The van der Waals surface area contributed by atoms with Crippen LogP contribution in [0.2, 0.25) is 5.28 Å². The fourth-order valence-electron chi connectivity index (χ4n) is 2.07. The number of nitrogens with zero attached hydrogens (tertiary/aromatic N) is 3. The average Bonchev–Trinajstić information content (AvgIpc) is 3.19. The molecule has 8 heteroatoms. The topological polar surface area (TPSA) is 76.3 Å². The molecule has 1 saturated carbocycles. The molecule has 1 aliphatic carbocycles. The van der Waals surface area contributed by atoms with Gasteiger partial charge in [-0.3, -0.25) is 0 Å². The third kappa shape index (κ3) is 3.09. The molecule has 112 valence electrons. The van der Waals surface area contributed by atoms with Gasteiger partial charge in [-0.05, 0) is 43.5 Å². The van der Waals surface area contributed by atoms with E-state index in [9.17, 15) is 8.42 Å². The maximum atomic E-state index is 12.7. The molecule has 0 aromatic carbocycles. The molecule has 6 nitrogen and oxygen atoms in total. The summed E-state index contributed by atoms with van der Waals surface area (Å²) in [5.41, 5.74) is 0. The first kappa shape index (κ1) is 14.5. The minimum absolute atomic E-state index is 0.0103. The van der Waals surface area contributed by atoms with Gasteiger partial charge >= 0.3 is 0 Å². The van der Waals surface area contributed by atoms with Gasteiger partial charge in [0, 0.05) is 6.04 Å². The Kier molecular flexibility index (Phi) is 3.73. The number of aryl methyl sites for hydroxylation is 1. The van der Waals surface area contributed by atoms with E-state index >= 15 is 0 Å². The number of sulfonamides is 1. The van der Waals surface area contributed by atoms with E-state index in [2.05, 4.69) is 9.97 Å². The van der Waals surface area contributed by atoms with Crippen molar-refractivity contribution >= 4 is 21.6 Å². The molecule has 0 N–H and O–H groups in total. The Morgan fingerprint density at radius 3 is 2.52 bits per heavy atom. The lowest BCUT2D eigenvalue weighted by atomic mass is 10.4. The molecule has 1 fully saturated rings. The summed E-state index contributed by atoms with van der Waals surface area (Å²) in [4.78, 5) is 7.53. The number of hydrogen-bond donors (Lipinski definition) is 0. The van der Waals surface area contributed by atoms with Gasteiger partial charge in [-0.1, -0.05) is 0 Å². The van der Waals surface area contributed by atoms with Crippen LogP contribution in [-0.4, -0.2) is 28.7 Å². The number of furan rings is 1. The predicted molar refractivity (Wildman–Crippen MR) is 76.2 cm³/mol. The van der Waals surface area contributed by atoms with Gasteiger partial charge in [0.1, 0.15) is 16.4 Å². The quantitative estimate of drug-likeness (QED) is 0.788. The van der Waals surface area contributed by atoms with Crippen molar-refractivity contribution < 1.29 is 12.8 Å². The second kappa shape index (κ2) is 5.40. The first-order chi connectivity index (χ1) is 9.96. The Morgan fingerprint density at radius 2 is 2.00 bits per heavy atom. The lowest BCUT2D eigenvalue weighted by Gasteiger charge is -2.20. The smallest absolute Gasteiger partial charge is 0.246 e. The highest BCUT2D eigenvalue weighted by Crippen LogP contribution is 2.33. The van der Waals surface area contributed by atoms with Crippen molar-refractivity contribution in [1.29, 1.82) is 0 Å². The van der Waals surface area contributed by atoms with Gasteiger partial charge in [0.2, 0.25) is 15.3 Å². The highest BCUT2D eigenvalue weighted by molar-refractivity contribution is 7.89. The van der Waals surface area contributed by atoms with E-state index in [0.717, 1.165) is 18.6 Å². The highest BCUT2D eigenvalue weighted by Gasteiger charge is 2.39. The van der Waals surface area contributed by atoms with E-state index in [1.54, 1.807) is 6.07 Å². The minimum Gasteiger partial charge on any atom is -0.465 e. The summed E-state index contributed by atoms with van der Waals surface area (Å²) in [5, 5.41) is 0.0218. The first-order valence-electron chi connectivity index (χ1n) is 6.51. The SMILES string of the molecule is Cc1ccc(CN(C2CC2)S(=O)(=O)c2cnc(Cl)nc2)o1. The lowest BCUT2D eigenvalue weighted by Crippen LogP contribution is -2.32. The zero-order chi connectivity index (χ0) is 15.0. The number of aromatic nitrogens is 2. The largest absolute Gasteiger partial charge is 0.465 e. The molecule has 0 unspecified atom stereocenters. The normalized spacial score (nSPS) is 15.6. The highest BCUT2D eigenvalue weighted by atomic mass is 35.5. The summed E-state index contributed by atoms with van der Waals surface area (Å²) >= 11 is 5.60. The van der Waals surface area contributed by atoms with Gasteiger partial charge in [0.25, 0.3) is 0 Å². The van der Waals surface area contributed by atoms with Gasteiger partial charge in [0.05, 0.1) is 18.9 Å². The molecule has 0 amide bonds. The van der Waals surface area contributed by atoms with Crippen LogP contribution in [0.1, 0.15) is 24.4 Å². The maximum absolute atomic E-state index is 12.7. The second-order valence-corrected chi connectivity index (χ2v) is 7.21. The Balaban J connectivity index is 1.90. The standard InChI is InChI=1S/C13H14ClN3O3S/c1-9-2-5-11(20-9)8-17(10-3-4-10)21(18,19)12-6-15-13(14)16-7-12/h2,5-7,10H,3-4,8H2,1H3.